The van der Waals surface area contributed by atoms with Crippen LogP contribution in [0.15, 0.2) is 59.7 Å². The largest absolute Gasteiger partial charge is 0.497 e. The van der Waals surface area contributed by atoms with Gasteiger partial charge in [0.2, 0.25) is 21.8 Å². The van der Waals surface area contributed by atoms with Gasteiger partial charge in [-0.25, -0.2) is 27.0 Å². The number of carbonyl (C=O) groups is 4. The summed E-state index contributed by atoms with van der Waals surface area (Å²) < 4.78 is 80.3. The summed E-state index contributed by atoms with van der Waals surface area (Å²) >= 11 is 0. The SMILES string of the molecule is CC[C@@H]1C[C@@H](C)CC/C=C\[C@@H]2C[C@@]2(C(=O)NS(=O)(=O)C2(C)CC2)NC(=O)[C@@H]2C[C@@H](Oc3nc(-c4ccc(OC(C)C)cn4)cc4cc(OC)ccc34)CN2C(=O)C1=NC(=O)OC(C)(C)C(C)(F)F. The van der Waals surface area contributed by atoms with Gasteiger partial charge in [0.1, 0.15) is 34.9 Å². The van der Waals surface area contributed by atoms with Gasteiger partial charge in [-0.3, -0.25) is 24.1 Å². The predicted octanol–water partition coefficient (Wildman–Crippen LogP) is 7.73. The molecule has 4 amide bonds. The maximum Gasteiger partial charge on any atom is 0.434 e. The summed E-state index contributed by atoms with van der Waals surface area (Å²) in [4.78, 5) is 72.5. The number of nitrogens with one attached hydrogen (secondary N) is 2. The van der Waals surface area contributed by atoms with Crippen molar-refractivity contribution in [2.24, 2.45) is 22.7 Å². The third-order valence-electron chi connectivity index (χ3n) is 13.7. The number of allylic oxidation sites excluding steroid dienone is 1. The summed E-state index contributed by atoms with van der Waals surface area (Å²) in [7, 11) is -2.56. The maximum atomic E-state index is 15.2. The topological polar surface area (TPSA) is 205 Å². The predicted molar refractivity (Wildman–Crippen MR) is 250 cm³/mol. The second-order valence-corrected chi connectivity index (χ2v) is 22.0. The molecule has 2 aliphatic heterocycles. The van der Waals surface area contributed by atoms with E-state index in [2.05, 4.69) is 20.0 Å². The molecule has 3 aromatic rings. The first kappa shape index (κ1) is 50.2. The number of hydrogen-bond donors (Lipinski definition) is 2. The van der Waals surface area contributed by atoms with Crippen LogP contribution >= 0.6 is 0 Å². The van der Waals surface area contributed by atoms with Crippen molar-refractivity contribution in [3.8, 4) is 28.8 Å². The molecule has 2 N–H and O–H groups in total. The number of benzene rings is 1. The van der Waals surface area contributed by atoms with Crippen molar-refractivity contribution in [1.82, 2.24) is 24.9 Å². The van der Waals surface area contributed by atoms with Crippen LogP contribution in [0.4, 0.5) is 13.6 Å². The average Bonchev–Trinajstić information content (AvgIpc) is 4.15. The Labute approximate surface area is 396 Å². The van der Waals surface area contributed by atoms with Crippen molar-refractivity contribution in [1.29, 1.82) is 0 Å². The molecule has 68 heavy (non-hydrogen) atoms. The molecule has 6 atom stereocenters. The van der Waals surface area contributed by atoms with Crippen LogP contribution in [0.3, 0.4) is 0 Å². The number of methoxy groups -OCH3 is 1. The highest BCUT2D eigenvalue weighted by Crippen LogP contribution is 2.48. The van der Waals surface area contributed by atoms with Gasteiger partial charge in [-0.05, 0) is 127 Å². The fraction of sp³-hybridized carbons (Fsp3) is 0.571. The first-order chi connectivity index (χ1) is 31.9. The van der Waals surface area contributed by atoms with Crippen molar-refractivity contribution in [2.45, 2.75) is 147 Å². The van der Waals surface area contributed by atoms with Crippen LogP contribution in [-0.2, 0) is 29.1 Å². The molecule has 1 saturated heterocycles. The van der Waals surface area contributed by atoms with Crippen LogP contribution in [0.25, 0.3) is 22.2 Å². The first-order valence-electron chi connectivity index (χ1n) is 23.2. The van der Waals surface area contributed by atoms with E-state index >= 15 is 4.79 Å². The molecule has 3 fully saturated rings. The Morgan fingerprint density at radius 1 is 1.06 bits per heavy atom. The van der Waals surface area contributed by atoms with Gasteiger partial charge in [-0.2, -0.15) is 4.99 Å². The third kappa shape index (κ3) is 10.6. The molecule has 2 saturated carbocycles. The Balaban J connectivity index is 1.30. The minimum atomic E-state index is -4.10. The number of aromatic nitrogens is 2. The fourth-order valence-electron chi connectivity index (χ4n) is 8.61. The third-order valence-corrected chi connectivity index (χ3v) is 15.8. The molecule has 1 aromatic carbocycles. The van der Waals surface area contributed by atoms with E-state index in [1.165, 1.54) is 12.0 Å². The van der Waals surface area contributed by atoms with E-state index in [1.807, 2.05) is 45.9 Å². The molecule has 0 bridgehead atoms. The number of carbonyl (C=O) groups excluding carboxylic acids is 4. The number of hydrogen-bond acceptors (Lipinski definition) is 12. The number of sulfonamides is 1. The van der Waals surface area contributed by atoms with E-state index < -0.39 is 79.6 Å². The van der Waals surface area contributed by atoms with Gasteiger partial charge in [0.05, 0.1) is 42.1 Å². The summed E-state index contributed by atoms with van der Waals surface area (Å²) in [6.45, 7) is 11.6. The summed E-state index contributed by atoms with van der Waals surface area (Å²) in [6, 6.07) is 9.30. The molecule has 4 aliphatic rings. The minimum Gasteiger partial charge on any atom is -0.497 e. The van der Waals surface area contributed by atoms with Crippen molar-refractivity contribution in [3.05, 3.63) is 54.7 Å². The molecular formula is C49H62F2N6O10S. The van der Waals surface area contributed by atoms with E-state index in [0.29, 0.717) is 79.1 Å². The number of fused-ring (bicyclic) bond motifs is 3. The lowest BCUT2D eigenvalue weighted by atomic mass is 9.86. The first-order valence-corrected chi connectivity index (χ1v) is 24.7. The number of ether oxygens (including phenoxy) is 4. The van der Waals surface area contributed by atoms with E-state index in [-0.39, 0.29) is 43.0 Å². The van der Waals surface area contributed by atoms with Crippen LogP contribution < -0.4 is 24.2 Å². The number of alkyl halides is 2. The molecule has 2 aromatic heterocycles. The zero-order valence-electron chi connectivity index (χ0n) is 40.1. The lowest BCUT2D eigenvalue weighted by Crippen LogP contribution is -2.57. The molecule has 19 heteroatoms. The average molecular weight is 965 g/mol. The Hall–Kier alpha value is -5.72. The normalized spacial score (nSPS) is 26.4. The Bertz CT molecular complexity index is 2610. The van der Waals surface area contributed by atoms with E-state index in [9.17, 15) is 31.6 Å². The summed E-state index contributed by atoms with van der Waals surface area (Å²) in [6.07, 6.45) is 5.45. The molecule has 4 heterocycles. The maximum absolute atomic E-state index is 15.2. The van der Waals surface area contributed by atoms with E-state index in [4.69, 9.17) is 23.9 Å². The lowest BCUT2D eigenvalue weighted by molar-refractivity contribution is -0.148. The molecule has 7 rings (SSSR count). The molecule has 16 nitrogen and oxygen atoms in total. The van der Waals surface area contributed by atoms with Crippen molar-refractivity contribution in [2.75, 3.05) is 13.7 Å². The number of rotatable bonds is 12. The molecule has 368 valence electrons. The van der Waals surface area contributed by atoms with Gasteiger partial charge in [0.25, 0.3) is 17.7 Å². The molecule has 2 aliphatic carbocycles. The zero-order valence-corrected chi connectivity index (χ0v) is 40.9. The van der Waals surface area contributed by atoms with Crippen LogP contribution in [-0.4, -0.2) is 107 Å². The standard InChI is InChI=1S/C49H62F2N6O10S/c1-10-30-21-29(4)13-11-12-14-32-25-49(32,44(60)56-68(62,63)47(7)19-20-47)55-41(58)39-24-35(27-57(39)43(59)40(30)54-45(61)67-46(5,6)48(8,50)51)66-42-36-17-15-33(64-9)22-31(36)23-38(53-42)37-18-16-34(26-52-37)65-28(2)3/h12,14-18,22-23,26,28-30,32,35,39H,10-11,13,19-21,24-25,27H2,1-9H3,(H,55,58)(H,56,60)/b14-12-,54-40?/t29-,30+,32+,35+,39-,49+/m0/s1. The van der Waals surface area contributed by atoms with Gasteiger partial charge < -0.3 is 29.2 Å². The fourth-order valence-corrected chi connectivity index (χ4v) is 9.92. The molecule has 0 unspecified atom stereocenters. The van der Waals surface area contributed by atoms with Crippen molar-refractivity contribution >= 4 is 50.3 Å². The van der Waals surface area contributed by atoms with Gasteiger partial charge >= 0.3 is 6.09 Å². The minimum absolute atomic E-state index is 0.0410. The van der Waals surface area contributed by atoms with Gasteiger partial charge in [-0.1, -0.05) is 26.0 Å². The summed E-state index contributed by atoms with van der Waals surface area (Å²) in [5, 5.41) is 4.11. The number of aliphatic imine (C=N–C) groups is 1. The molecule has 0 radical (unpaired) electrons. The highest BCUT2D eigenvalue weighted by atomic mass is 32.2. The van der Waals surface area contributed by atoms with Crippen LogP contribution in [0.1, 0.15) is 107 Å². The van der Waals surface area contributed by atoms with Gasteiger partial charge in [0, 0.05) is 30.6 Å². The van der Waals surface area contributed by atoms with Crippen molar-refractivity contribution in [3.63, 3.8) is 0 Å². The quantitative estimate of drug-likeness (QED) is 0.167. The molecule has 0 spiro atoms. The highest BCUT2D eigenvalue weighted by Gasteiger charge is 2.63. The highest BCUT2D eigenvalue weighted by molar-refractivity contribution is 7.91. The van der Waals surface area contributed by atoms with Crippen LogP contribution in [0, 0.1) is 17.8 Å². The zero-order chi connectivity index (χ0) is 49.6. The number of halogens is 2. The smallest absolute Gasteiger partial charge is 0.434 e. The lowest BCUT2D eigenvalue weighted by Gasteiger charge is -2.31. The monoisotopic (exact) mass is 964 g/mol. The number of amides is 4. The Morgan fingerprint density at radius 2 is 1.78 bits per heavy atom. The molecular weight excluding hydrogens is 903 g/mol. The van der Waals surface area contributed by atoms with Gasteiger partial charge in [0.15, 0.2) is 5.60 Å². The second-order valence-electron chi connectivity index (χ2n) is 19.8. The van der Waals surface area contributed by atoms with Crippen molar-refractivity contribution < 1.29 is 55.3 Å². The Morgan fingerprint density at radius 3 is 2.41 bits per heavy atom. The van der Waals surface area contributed by atoms with Gasteiger partial charge in [-0.15, -0.1) is 0 Å². The van der Waals surface area contributed by atoms with E-state index in [0.717, 1.165) is 13.8 Å². The summed E-state index contributed by atoms with van der Waals surface area (Å²) in [5.41, 5.74) is -3.31. The summed E-state index contributed by atoms with van der Waals surface area (Å²) in [5.74, 6) is -5.97. The second kappa shape index (κ2) is 19.0. The van der Waals surface area contributed by atoms with E-state index in [1.54, 1.807) is 43.5 Å². The Kier molecular flexibility index (Phi) is 14.0. The number of pyridine rings is 2. The number of nitrogens with zero attached hydrogens (tertiary/aromatic N) is 4. The van der Waals surface area contributed by atoms with Crippen LogP contribution in [0.5, 0.6) is 17.4 Å². The van der Waals surface area contributed by atoms with Crippen LogP contribution in [0.2, 0.25) is 0 Å².